The fraction of sp³-hybridized carbons (Fsp3) is 0.467. The van der Waals surface area contributed by atoms with Gasteiger partial charge in [-0.15, -0.1) is 0 Å². The highest BCUT2D eigenvalue weighted by atomic mass is 16.5. The van der Waals surface area contributed by atoms with Crippen LogP contribution in [0.1, 0.15) is 35.7 Å². The number of carboxylic acid groups (broad SMARTS) is 1. The maximum absolute atomic E-state index is 11.7. The lowest BCUT2D eigenvalue weighted by molar-refractivity contribution is -0.142. The Bertz CT molecular complexity index is 500. The fourth-order valence-electron chi connectivity index (χ4n) is 2.54. The summed E-state index contributed by atoms with van der Waals surface area (Å²) in [6, 6.07) is 6.77. The highest BCUT2D eigenvalue weighted by Gasteiger charge is 2.30. The molecule has 1 unspecified atom stereocenters. The van der Waals surface area contributed by atoms with Crippen LogP contribution in [0.2, 0.25) is 0 Å². The molecule has 0 radical (unpaired) electrons. The zero-order chi connectivity index (χ0) is 14.5. The molecule has 1 heterocycles. The number of hydrogen-bond acceptors (Lipinski definition) is 4. The first-order valence-electron chi connectivity index (χ1n) is 6.84. The minimum atomic E-state index is -0.774. The van der Waals surface area contributed by atoms with Crippen molar-refractivity contribution in [1.82, 2.24) is 4.90 Å². The third-order valence-corrected chi connectivity index (χ3v) is 3.47. The van der Waals surface area contributed by atoms with E-state index < -0.39 is 12.0 Å². The second-order valence-electron chi connectivity index (χ2n) is 4.89. The van der Waals surface area contributed by atoms with Gasteiger partial charge in [0, 0.05) is 6.54 Å². The molecule has 0 aliphatic carbocycles. The largest absolute Gasteiger partial charge is 0.480 e. The van der Waals surface area contributed by atoms with Crippen LogP contribution in [0.5, 0.6) is 0 Å². The minimum absolute atomic E-state index is 0.342. The summed E-state index contributed by atoms with van der Waals surface area (Å²) in [5.41, 5.74) is 1.44. The maximum atomic E-state index is 11.7. The molecule has 1 saturated heterocycles. The molecule has 2 rings (SSSR count). The molecule has 1 aromatic carbocycles. The van der Waals surface area contributed by atoms with Crippen molar-refractivity contribution in [3.63, 3.8) is 0 Å². The Labute approximate surface area is 118 Å². The van der Waals surface area contributed by atoms with Crippen molar-refractivity contribution in [3.05, 3.63) is 35.4 Å². The van der Waals surface area contributed by atoms with Crippen LogP contribution in [0.4, 0.5) is 0 Å². The van der Waals surface area contributed by atoms with Crippen molar-refractivity contribution in [2.45, 2.75) is 32.4 Å². The zero-order valence-electron chi connectivity index (χ0n) is 11.5. The van der Waals surface area contributed by atoms with E-state index in [1.165, 1.54) is 0 Å². The Morgan fingerprint density at radius 3 is 2.95 bits per heavy atom. The molecule has 0 spiro atoms. The second kappa shape index (κ2) is 6.52. The van der Waals surface area contributed by atoms with E-state index in [-0.39, 0.29) is 5.97 Å². The fourth-order valence-corrected chi connectivity index (χ4v) is 2.54. The van der Waals surface area contributed by atoms with Crippen LogP contribution >= 0.6 is 0 Å². The first kappa shape index (κ1) is 14.5. The number of benzene rings is 1. The summed E-state index contributed by atoms with van der Waals surface area (Å²) in [6.45, 7) is 3.44. The third-order valence-electron chi connectivity index (χ3n) is 3.47. The van der Waals surface area contributed by atoms with E-state index in [0.717, 1.165) is 18.5 Å². The first-order chi connectivity index (χ1) is 9.61. The van der Waals surface area contributed by atoms with Crippen molar-refractivity contribution in [2.24, 2.45) is 0 Å². The highest BCUT2D eigenvalue weighted by molar-refractivity contribution is 5.89. The average molecular weight is 277 g/mol. The molecule has 1 N–H and O–H groups in total. The Hall–Kier alpha value is -1.88. The molecule has 1 fully saturated rings. The first-order valence-corrected chi connectivity index (χ1v) is 6.84. The van der Waals surface area contributed by atoms with Gasteiger partial charge in [-0.3, -0.25) is 9.69 Å². The van der Waals surface area contributed by atoms with Crippen LogP contribution in [0, 0.1) is 0 Å². The Balaban J connectivity index is 2.08. The number of esters is 1. The van der Waals surface area contributed by atoms with Gasteiger partial charge in [0.05, 0.1) is 12.2 Å². The lowest BCUT2D eigenvalue weighted by atomic mass is 10.1. The molecule has 1 aliphatic heterocycles. The molecular weight excluding hydrogens is 258 g/mol. The van der Waals surface area contributed by atoms with Crippen molar-refractivity contribution < 1.29 is 19.4 Å². The van der Waals surface area contributed by atoms with Crippen molar-refractivity contribution >= 4 is 11.9 Å². The summed E-state index contributed by atoms with van der Waals surface area (Å²) in [5.74, 6) is -1.12. The van der Waals surface area contributed by atoms with Crippen molar-refractivity contribution in [3.8, 4) is 0 Å². The van der Waals surface area contributed by atoms with Gasteiger partial charge in [-0.25, -0.2) is 4.79 Å². The monoisotopic (exact) mass is 277 g/mol. The number of likely N-dealkylation sites (tertiary alicyclic amines) is 1. The lowest BCUT2D eigenvalue weighted by Gasteiger charge is -2.21. The average Bonchev–Trinajstić information content (AvgIpc) is 2.87. The molecule has 1 aromatic rings. The SMILES string of the molecule is CCOC(=O)c1cccc(CN2CCCC2C(=O)O)c1. The molecule has 1 aliphatic rings. The number of carboxylic acids is 1. The van der Waals surface area contributed by atoms with E-state index in [1.807, 2.05) is 11.0 Å². The third kappa shape index (κ3) is 3.36. The topological polar surface area (TPSA) is 66.8 Å². The molecule has 0 saturated carbocycles. The number of rotatable bonds is 5. The van der Waals surface area contributed by atoms with E-state index in [4.69, 9.17) is 9.84 Å². The van der Waals surface area contributed by atoms with Gasteiger partial charge >= 0.3 is 11.9 Å². The van der Waals surface area contributed by atoms with Gasteiger partial charge in [0.1, 0.15) is 6.04 Å². The number of carbonyl (C=O) groups excluding carboxylic acids is 1. The van der Waals surface area contributed by atoms with E-state index in [1.54, 1.807) is 25.1 Å². The second-order valence-corrected chi connectivity index (χ2v) is 4.89. The predicted molar refractivity (Wildman–Crippen MR) is 73.5 cm³/mol. The minimum Gasteiger partial charge on any atom is -0.480 e. The van der Waals surface area contributed by atoms with Gasteiger partial charge in [0.2, 0.25) is 0 Å². The molecular formula is C15H19NO4. The molecule has 1 atom stereocenters. The van der Waals surface area contributed by atoms with Gasteiger partial charge in [0.15, 0.2) is 0 Å². The van der Waals surface area contributed by atoms with Gasteiger partial charge in [-0.2, -0.15) is 0 Å². The smallest absolute Gasteiger partial charge is 0.338 e. The Morgan fingerprint density at radius 2 is 2.25 bits per heavy atom. The summed E-state index contributed by atoms with van der Waals surface area (Å²) in [4.78, 5) is 24.8. The summed E-state index contributed by atoms with van der Waals surface area (Å²) >= 11 is 0. The van der Waals surface area contributed by atoms with E-state index >= 15 is 0 Å². The Morgan fingerprint density at radius 1 is 1.45 bits per heavy atom. The van der Waals surface area contributed by atoms with E-state index in [2.05, 4.69) is 0 Å². The number of ether oxygens (including phenoxy) is 1. The van der Waals surface area contributed by atoms with Gasteiger partial charge < -0.3 is 9.84 Å². The van der Waals surface area contributed by atoms with Gasteiger partial charge in [0.25, 0.3) is 0 Å². The van der Waals surface area contributed by atoms with Crippen LogP contribution < -0.4 is 0 Å². The Kier molecular flexibility index (Phi) is 4.74. The zero-order valence-corrected chi connectivity index (χ0v) is 11.5. The standard InChI is InChI=1S/C15H19NO4/c1-2-20-15(19)12-6-3-5-11(9-12)10-16-8-4-7-13(16)14(17)18/h3,5-6,9,13H,2,4,7-8,10H2,1H3,(H,17,18). The molecule has 0 amide bonds. The summed E-state index contributed by atoms with van der Waals surface area (Å²) < 4.78 is 4.97. The molecule has 5 nitrogen and oxygen atoms in total. The van der Waals surface area contributed by atoms with Crippen LogP contribution in [0.15, 0.2) is 24.3 Å². The normalized spacial score (nSPS) is 18.9. The summed E-state index contributed by atoms with van der Waals surface area (Å²) in [6.07, 6.45) is 1.58. The van der Waals surface area contributed by atoms with E-state index in [9.17, 15) is 9.59 Å². The summed E-state index contributed by atoms with van der Waals surface area (Å²) in [5, 5.41) is 9.16. The molecule has 20 heavy (non-hydrogen) atoms. The molecule has 5 heteroatoms. The van der Waals surface area contributed by atoms with Gasteiger partial charge in [-0.1, -0.05) is 12.1 Å². The van der Waals surface area contributed by atoms with Crippen LogP contribution in [0.3, 0.4) is 0 Å². The number of hydrogen-bond donors (Lipinski definition) is 1. The summed E-state index contributed by atoms with van der Waals surface area (Å²) in [7, 11) is 0. The van der Waals surface area contributed by atoms with Crippen LogP contribution in [-0.2, 0) is 16.1 Å². The number of carbonyl (C=O) groups is 2. The van der Waals surface area contributed by atoms with Crippen LogP contribution in [-0.4, -0.2) is 41.1 Å². The molecule has 108 valence electrons. The molecule has 0 aromatic heterocycles. The number of aliphatic carboxylic acids is 1. The van der Waals surface area contributed by atoms with Gasteiger partial charge in [-0.05, 0) is 44.0 Å². The van der Waals surface area contributed by atoms with Crippen LogP contribution in [0.25, 0.3) is 0 Å². The molecule has 0 bridgehead atoms. The quantitative estimate of drug-likeness (QED) is 0.833. The lowest BCUT2D eigenvalue weighted by Crippen LogP contribution is -2.35. The number of nitrogens with zero attached hydrogens (tertiary/aromatic N) is 1. The van der Waals surface area contributed by atoms with Crippen molar-refractivity contribution in [2.75, 3.05) is 13.2 Å². The predicted octanol–water partition coefficient (Wildman–Crippen LogP) is 1.91. The highest BCUT2D eigenvalue weighted by Crippen LogP contribution is 2.20. The van der Waals surface area contributed by atoms with E-state index in [0.29, 0.717) is 25.1 Å². The van der Waals surface area contributed by atoms with Crippen molar-refractivity contribution in [1.29, 1.82) is 0 Å². The maximum Gasteiger partial charge on any atom is 0.338 e.